The minimum absolute atomic E-state index is 0.198. The van der Waals surface area contributed by atoms with Crippen LogP contribution in [-0.4, -0.2) is 32.2 Å². The average Bonchev–Trinajstić information content (AvgIpc) is 3.00. The molecule has 0 spiro atoms. The highest BCUT2D eigenvalue weighted by molar-refractivity contribution is 6.06. The summed E-state index contributed by atoms with van der Waals surface area (Å²) in [7, 11) is 1.51. The minimum Gasteiger partial charge on any atom is -0.447 e. The number of anilines is 2. The predicted molar refractivity (Wildman–Crippen MR) is 84.3 cm³/mol. The summed E-state index contributed by atoms with van der Waals surface area (Å²) in [6.45, 7) is 0.770. The Kier molecular flexibility index (Phi) is 3.97. The number of para-hydroxylation sites is 1. The smallest absolute Gasteiger partial charge is 0.414 e. The van der Waals surface area contributed by atoms with Crippen LogP contribution in [0.25, 0.3) is 0 Å². The van der Waals surface area contributed by atoms with Crippen LogP contribution in [0.15, 0.2) is 48.5 Å². The highest BCUT2D eigenvalue weighted by Crippen LogP contribution is 2.23. The predicted octanol–water partition coefficient (Wildman–Crippen LogP) is 3.06. The zero-order valence-corrected chi connectivity index (χ0v) is 12.5. The maximum absolute atomic E-state index is 13.8. The van der Waals surface area contributed by atoms with E-state index in [1.54, 1.807) is 36.4 Å². The molecule has 0 saturated carbocycles. The Morgan fingerprint density at radius 2 is 2.00 bits per heavy atom. The summed E-state index contributed by atoms with van der Waals surface area (Å²) in [6.07, 6.45) is -0.433. The summed E-state index contributed by atoms with van der Waals surface area (Å²) in [5, 5.41) is 0. The number of ether oxygens (including phenoxy) is 1. The lowest BCUT2D eigenvalue weighted by Crippen LogP contribution is -2.28. The molecule has 0 radical (unpaired) electrons. The Morgan fingerprint density at radius 1 is 1.22 bits per heavy atom. The second-order valence-electron chi connectivity index (χ2n) is 5.13. The highest BCUT2D eigenvalue weighted by atomic mass is 19.1. The number of rotatable bonds is 3. The molecular weight excluding hydrogens is 299 g/mol. The summed E-state index contributed by atoms with van der Waals surface area (Å²) in [5.74, 6) is -0.827. The van der Waals surface area contributed by atoms with Crippen molar-refractivity contribution in [2.75, 3.05) is 30.0 Å². The lowest BCUT2D eigenvalue weighted by Gasteiger charge is -2.19. The van der Waals surface area contributed by atoms with Crippen molar-refractivity contribution in [3.05, 3.63) is 59.9 Å². The first-order chi connectivity index (χ1) is 11.1. The summed E-state index contributed by atoms with van der Waals surface area (Å²) in [6, 6.07) is 12.7. The lowest BCUT2D eigenvalue weighted by molar-refractivity contribution is 0.0992. The molecule has 5 nitrogen and oxygen atoms in total. The molecule has 1 aliphatic heterocycles. The SMILES string of the molecule is CN(C(=O)c1cccc(N2CCOC2=O)c1)c1ccccc1F. The van der Waals surface area contributed by atoms with Gasteiger partial charge in [0, 0.05) is 18.3 Å². The van der Waals surface area contributed by atoms with Crippen LogP contribution in [0.4, 0.5) is 20.6 Å². The van der Waals surface area contributed by atoms with Gasteiger partial charge in [-0.25, -0.2) is 9.18 Å². The van der Waals surface area contributed by atoms with E-state index in [9.17, 15) is 14.0 Å². The minimum atomic E-state index is -0.470. The first-order valence-corrected chi connectivity index (χ1v) is 7.15. The molecule has 0 bridgehead atoms. The molecule has 2 amide bonds. The molecule has 0 atom stereocenters. The number of nitrogens with zero attached hydrogens (tertiary/aromatic N) is 2. The summed E-state index contributed by atoms with van der Waals surface area (Å²) in [4.78, 5) is 26.9. The largest absolute Gasteiger partial charge is 0.447 e. The van der Waals surface area contributed by atoms with Crippen molar-refractivity contribution in [3.63, 3.8) is 0 Å². The third kappa shape index (κ3) is 2.88. The fourth-order valence-electron chi connectivity index (χ4n) is 2.46. The van der Waals surface area contributed by atoms with Gasteiger partial charge in [-0.3, -0.25) is 9.69 Å². The van der Waals surface area contributed by atoms with Gasteiger partial charge in [0.2, 0.25) is 0 Å². The molecule has 118 valence electrons. The molecule has 23 heavy (non-hydrogen) atoms. The van der Waals surface area contributed by atoms with E-state index in [4.69, 9.17) is 4.74 Å². The van der Waals surface area contributed by atoms with E-state index in [1.807, 2.05) is 0 Å². The Morgan fingerprint density at radius 3 is 2.70 bits per heavy atom. The van der Waals surface area contributed by atoms with E-state index in [0.717, 1.165) is 0 Å². The zero-order valence-electron chi connectivity index (χ0n) is 12.5. The Bertz CT molecular complexity index is 763. The number of carbonyl (C=O) groups excluding carboxylic acids is 2. The molecule has 2 aromatic rings. The molecular formula is C17H15FN2O3. The molecule has 1 aliphatic rings. The molecule has 1 fully saturated rings. The highest BCUT2D eigenvalue weighted by Gasteiger charge is 2.24. The van der Waals surface area contributed by atoms with Crippen LogP contribution in [-0.2, 0) is 4.74 Å². The van der Waals surface area contributed by atoms with Gasteiger partial charge in [-0.05, 0) is 30.3 Å². The van der Waals surface area contributed by atoms with Crippen molar-refractivity contribution in [2.24, 2.45) is 0 Å². The van der Waals surface area contributed by atoms with Crippen LogP contribution in [0.2, 0.25) is 0 Å². The van der Waals surface area contributed by atoms with E-state index >= 15 is 0 Å². The fraction of sp³-hybridized carbons (Fsp3) is 0.176. The summed E-state index contributed by atoms with van der Waals surface area (Å²) < 4.78 is 18.7. The maximum Gasteiger partial charge on any atom is 0.414 e. The van der Waals surface area contributed by atoms with Gasteiger partial charge < -0.3 is 9.64 Å². The monoisotopic (exact) mass is 314 g/mol. The van der Waals surface area contributed by atoms with Crippen molar-refractivity contribution in [1.29, 1.82) is 0 Å². The van der Waals surface area contributed by atoms with Gasteiger partial charge >= 0.3 is 6.09 Å². The van der Waals surface area contributed by atoms with Crippen molar-refractivity contribution in [1.82, 2.24) is 0 Å². The number of cyclic esters (lactones) is 1. The molecule has 6 heteroatoms. The lowest BCUT2D eigenvalue weighted by atomic mass is 10.1. The van der Waals surface area contributed by atoms with Gasteiger partial charge in [0.25, 0.3) is 5.91 Å². The second-order valence-corrected chi connectivity index (χ2v) is 5.13. The molecule has 0 aliphatic carbocycles. The van der Waals surface area contributed by atoms with Gasteiger partial charge in [0.05, 0.1) is 12.2 Å². The van der Waals surface area contributed by atoms with E-state index in [0.29, 0.717) is 24.4 Å². The average molecular weight is 314 g/mol. The van der Waals surface area contributed by atoms with Crippen LogP contribution < -0.4 is 9.80 Å². The van der Waals surface area contributed by atoms with Gasteiger partial charge in [-0.1, -0.05) is 18.2 Å². The Labute approximate surface area is 132 Å². The van der Waals surface area contributed by atoms with Crippen LogP contribution in [0.3, 0.4) is 0 Å². The third-order valence-electron chi connectivity index (χ3n) is 3.68. The van der Waals surface area contributed by atoms with Gasteiger partial charge in [0.15, 0.2) is 0 Å². The Hall–Kier alpha value is -2.89. The first-order valence-electron chi connectivity index (χ1n) is 7.15. The molecule has 0 unspecified atom stereocenters. The molecule has 1 heterocycles. The quantitative estimate of drug-likeness (QED) is 0.875. The van der Waals surface area contributed by atoms with Crippen molar-refractivity contribution < 1.29 is 18.7 Å². The van der Waals surface area contributed by atoms with E-state index in [-0.39, 0.29) is 11.6 Å². The van der Waals surface area contributed by atoms with E-state index in [2.05, 4.69) is 0 Å². The second kappa shape index (κ2) is 6.08. The standard InChI is InChI=1S/C17H15FN2O3/c1-19(15-8-3-2-7-14(15)18)16(21)12-5-4-6-13(11-12)20-9-10-23-17(20)22/h2-8,11H,9-10H2,1H3. The van der Waals surface area contributed by atoms with Crippen molar-refractivity contribution >= 4 is 23.4 Å². The van der Waals surface area contributed by atoms with Gasteiger partial charge in [-0.2, -0.15) is 0 Å². The van der Waals surface area contributed by atoms with Crippen LogP contribution >= 0.6 is 0 Å². The van der Waals surface area contributed by atoms with Crippen molar-refractivity contribution in [2.45, 2.75) is 0 Å². The number of carbonyl (C=O) groups is 2. The fourth-order valence-corrected chi connectivity index (χ4v) is 2.46. The van der Waals surface area contributed by atoms with Gasteiger partial charge in [-0.15, -0.1) is 0 Å². The molecule has 1 saturated heterocycles. The summed E-state index contributed by atoms with van der Waals surface area (Å²) >= 11 is 0. The van der Waals surface area contributed by atoms with Crippen LogP contribution in [0.5, 0.6) is 0 Å². The third-order valence-corrected chi connectivity index (χ3v) is 3.68. The topological polar surface area (TPSA) is 49.9 Å². The number of hydrogen-bond acceptors (Lipinski definition) is 3. The molecule has 2 aromatic carbocycles. The van der Waals surface area contributed by atoms with E-state index in [1.165, 1.54) is 29.0 Å². The molecule has 0 aromatic heterocycles. The zero-order chi connectivity index (χ0) is 16.4. The number of benzene rings is 2. The van der Waals surface area contributed by atoms with Crippen LogP contribution in [0.1, 0.15) is 10.4 Å². The molecule has 0 N–H and O–H groups in total. The number of amides is 2. The first kappa shape index (κ1) is 15.0. The van der Waals surface area contributed by atoms with Crippen molar-refractivity contribution in [3.8, 4) is 0 Å². The van der Waals surface area contributed by atoms with E-state index < -0.39 is 11.9 Å². The van der Waals surface area contributed by atoms with Gasteiger partial charge in [0.1, 0.15) is 12.4 Å². The number of halogens is 1. The van der Waals surface area contributed by atoms with Crippen LogP contribution in [0, 0.1) is 5.82 Å². The summed E-state index contributed by atoms with van der Waals surface area (Å²) in [5.41, 5.74) is 1.15. The Balaban J connectivity index is 1.88. The maximum atomic E-state index is 13.8. The molecule has 3 rings (SSSR count). The normalized spacial score (nSPS) is 13.8. The number of hydrogen-bond donors (Lipinski definition) is 0.